The highest BCUT2D eigenvalue weighted by Crippen LogP contribution is 2.17. The number of aromatic nitrogens is 1. The van der Waals surface area contributed by atoms with Crippen molar-refractivity contribution in [3.8, 4) is 0 Å². The van der Waals surface area contributed by atoms with Gasteiger partial charge >= 0.3 is 0 Å². The number of hydrogen-bond donors (Lipinski definition) is 0. The molecule has 1 aliphatic rings. The Morgan fingerprint density at radius 2 is 2.30 bits per heavy atom. The van der Waals surface area contributed by atoms with Crippen molar-refractivity contribution >= 4 is 11.6 Å². The predicted octanol–water partition coefficient (Wildman–Crippen LogP) is 2.16. The number of hydrogen-bond acceptors (Lipinski definition) is 5. The first-order valence-corrected chi connectivity index (χ1v) is 7.22. The minimum atomic E-state index is -0.647. The van der Waals surface area contributed by atoms with Gasteiger partial charge < -0.3 is 14.3 Å². The van der Waals surface area contributed by atoms with Crippen molar-refractivity contribution in [2.75, 3.05) is 7.05 Å². The van der Waals surface area contributed by atoms with Crippen LogP contribution < -0.4 is 0 Å². The van der Waals surface area contributed by atoms with Crippen LogP contribution in [0.15, 0.2) is 46.2 Å². The summed E-state index contributed by atoms with van der Waals surface area (Å²) in [5.74, 6) is 0.126. The molecule has 1 atom stereocenters. The molecule has 6 nitrogen and oxygen atoms in total. The monoisotopic (exact) mass is 317 g/mol. The molecule has 0 bridgehead atoms. The molecule has 120 valence electrons. The van der Waals surface area contributed by atoms with E-state index in [0.29, 0.717) is 25.1 Å². The predicted molar refractivity (Wildman–Crippen MR) is 80.0 cm³/mol. The van der Waals surface area contributed by atoms with E-state index < -0.39 is 6.10 Å². The molecule has 0 saturated carbocycles. The second-order valence-electron chi connectivity index (χ2n) is 5.44. The van der Waals surface area contributed by atoms with Gasteiger partial charge in [0, 0.05) is 26.0 Å². The fourth-order valence-electron chi connectivity index (χ4n) is 2.43. The number of oxime groups is 1. The third-order valence-electron chi connectivity index (χ3n) is 3.56. The van der Waals surface area contributed by atoms with Gasteiger partial charge in [0.1, 0.15) is 5.82 Å². The number of amides is 1. The Kier molecular flexibility index (Phi) is 4.36. The van der Waals surface area contributed by atoms with Gasteiger partial charge in [0.2, 0.25) is 6.10 Å². The van der Waals surface area contributed by atoms with Gasteiger partial charge in [0.05, 0.1) is 18.5 Å². The molecule has 1 unspecified atom stereocenters. The van der Waals surface area contributed by atoms with Crippen LogP contribution in [0.4, 0.5) is 4.39 Å². The first-order valence-electron chi connectivity index (χ1n) is 7.22. The lowest BCUT2D eigenvalue weighted by molar-refractivity contribution is -0.141. The third-order valence-corrected chi connectivity index (χ3v) is 3.56. The Labute approximate surface area is 132 Å². The van der Waals surface area contributed by atoms with Crippen molar-refractivity contribution in [2.24, 2.45) is 5.16 Å². The van der Waals surface area contributed by atoms with E-state index in [-0.39, 0.29) is 11.7 Å². The number of carbonyl (C=O) groups excluding carboxylic acids is 1. The molecular formula is C16H16FN3O3. The average Bonchev–Trinajstić information content (AvgIpc) is 3.18. The lowest BCUT2D eigenvalue weighted by atomic mass is 10.0. The van der Waals surface area contributed by atoms with Crippen LogP contribution in [0, 0.1) is 5.82 Å². The van der Waals surface area contributed by atoms with Gasteiger partial charge in [-0.05, 0) is 17.7 Å². The van der Waals surface area contributed by atoms with Crippen LogP contribution in [0.3, 0.4) is 0 Å². The van der Waals surface area contributed by atoms with Crippen LogP contribution in [0.25, 0.3) is 0 Å². The number of nitrogens with zero attached hydrogens (tertiary/aromatic N) is 3. The Bertz CT molecular complexity index is 715. The molecule has 0 spiro atoms. The van der Waals surface area contributed by atoms with E-state index in [1.54, 1.807) is 19.2 Å². The molecule has 1 aromatic heterocycles. The zero-order chi connectivity index (χ0) is 16.2. The summed E-state index contributed by atoms with van der Waals surface area (Å²) < 4.78 is 18.2. The maximum atomic E-state index is 13.2. The molecule has 1 aromatic carbocycles. The first-order chi connectivity index (χ1) is 11.1. The van der Waals surface area contributed by atoms with Crippen molar-refractivity contribution in [2.45, 2.75) is 25.5 Å². The van der Waals surface area contributed by atoms with E-state index in [9.17, 15) is 9.18 Å². The minimum Gasteiger partial charge on any atom is -0.382 e. The molecule has 3 rings (SSSR count). The minimum absolute atomic E-state index is 0.181. The Morgan fingerprint density at radius 3 is 3.04 bits per heavy atom. The van der Waals surface area contributed by atoms with Gasteiger partial charge in [-0.3, -0.25) is 4.79 Å². The van der Waals surface area contributed by atoms with Crippen molar-refractivity contribution in [3.05, 3.63) is 53.7 Å². The van der Waals surface area contributed by atoms with Crippen LogP contribution >= 0.6 is 0 Å². The third kappa shape index (κ3) is 3.74. The zero-order valence-electron chi connectivity index (χ0n) is 12.6. The summed E-state index contributed by atoms with van der Waals surface area (Å²) in [6.45, 7) is 0.317. The molecule has 1 aliphatic heterocycles. The molecule has 23 heavy (non-hydrogen) atoms. The van der Waals surface area contributed by atoms with Crippen molar-refractivity contribution in [1.29, 1.82) is 0 Å². The maximum Gasteiger partial charge on any atom is 0.267 e. The van der Waals surface area contributed by atoms with Crippen LogP contribution in [-0.2, 0) is 22.6 Å². The number of likely N-dealkylation sites (N-methyl/N-ethyl adjacent to an activating group) is 1. The fraction of sp³-hybridized carbons (Fsp3) is 0.312. The quantitative estimate of drug-likeness (QED) is 0.847. The summed E-state index contributed by atoms with van der Waals surface area (Å²) in [5, 5.41) is 7.55. The van der Waals surface area contributed by atoms with Gasteiger partial charge in [-0.25, -0.2) is 4.39 Å². The second-order valence-corrected chi connectivity index (χ2v) is 5.44. The van der Waals surface area contributed by atoms with E-state index in [2.05, 4.69) is 10.3 Å². The Morgan fingerprint density at radius 1 is 1.43 bits per heavy atom. The molecule has 1 amide bonds. The zero-order valence-corrected chi connectivity index (χ0v) is 12.6. The van der Waals surface area contributed by atoms with Crippen LogP contribution in [0.5, 0.6) is 0 Å². The van der Waals surface area contributed by atoms with E-state index in [1.165, 1.54) is 23.2 Å². The van der Waals surface area contributed by atoms with E-state index >= 15 is 0 Å². The molecule has 0 fully saturated rings. The normalized spacial score (nSPS) is 16.8. The standard InChI is InChI=1S/C16H16FN3O3/c1-20(10-14-5-6-18-22-14)16(21)15-9-13(19-23-15)8-11-3-2-4-12(17)7-11/h2-7,15H,8-10H2,1H3. The van der Waals surface area contributed by atoms with Gasteiger partial charge in [0.25, 0.3) is 5.91 Å². The maximum absolute atomic E-state index is 13.2. The topological polar surface area (TPSA) is 67.9 Å². The van der Waals surface area contributed by atoms with Gasteiger partial charge in [-0.2, -0.15) is 0 Å². The molecule has 2 heterocycles. The number of rotatable bonds is 5. The molecule has 0 radical (unpaired) electrons. The summed E-state index contributed by atoms with van der Waals surface area (Å²) in [6.07, 6.45) is 1.75. The molecule has 7 heteroatoms. The summed E-state index contributed by atoms with van der Waals surface area (Å²) in [4.78, 5) is 19.1. The summed E-state index contributed by atoms with van der Waals surface area (Å²) >= 11 is 0. The fourth-order valence-corrected chi connectivity index (χ4v) is 2.43. The summed E-state index contributed by atoms with van der Waals surface area (Å²) in [5.41, 5.74) is 1.53. The van der Waals surface area contributed by atoms with E-state index in [4.69, 9.17) is 9.36 Å². The molecule has 2 aromatic rings. The van der Waals surface area contributed by atoms with Gasteiger partial charge in [-0.1, -0.05) is 22.4 Å². The van der Waals surface area contributed by atoms with Crippen LogP contribution in [-0.4, -0.2) is 34.8 Å². The largest absolute Gasteiger partial charge is 0.382 e. The van der Waals surface area contributed by atoms with Crippen molar-refractivity contribution < 1.29 is 18.5 Å². The first kappa shape index (κ1) is 15.2. The molecule has 0 aliphatic carbocycles. The lowest BCUT2D eigenvalue weighted by Crippen LogP contribution is -2.36. The van der Waals surface area contributed by atoms with E-state index in [1.807, 2.05) is 6.07 Å². The van der Waals surface area contributed by atoms with E-state index in [0.717, 1.165) is 11.3 Å². The second kappa shape index (κ2) is 6.60. The smallest absolute Gasteiger partial charge is 0.267 e. The molecule has 0 saturated heterocycles. The number of halogens is 1. The molecule has 0 N–H and O–H groups in total. The highest BCUT2D eigenvalue weighted by Gasteiger charge is 2.30. The van der Waals surface area contributed by atoms with Crippen LogP contribution in [0.2, 0.25) is 0 Å². The lowest BCUT2D eigenvalue weighted by Gasteiger charge is -2.18. The average molecular weight is 317 g/mol. The van der Waals surface area contributed by atoms with Crippen molar-refractivity contribution in [3.63, 3.8) is 0 Å². The van der Waals surface area contributed by atoms with Crippen molar-refractivity contribution in [1.82, 2.24) is 10.1 Å². The molecular weight excluding hydrogens is 301 g/mol. The van der Waals surface area contributed by atoms with Gasteiger partial charge in [0.15, 0.2) is 5.76 Å². The summed E-state index contributed by atoms with van der Waals surface area (Å²) in [7, 11) is 1.67. The Hall–Kier alpha value is -2.70. The highest BCUT2D eigenvalue weighted by molar-refractivity contribution is 5.93. The number of benzene rings is 1. The highest BCUT2D eigenvalue weighted by atomic mass is 19.1. The van der Waals surface area contributed by atoms with Gasteiger partial charge in [-0.15, -0.1) is 0 Å². The SMILES string of the molecule is CN(Cc1ccno1)C(=O)C1CC(Cc2cccc(F)c2)=NO1. The van der Waals surface area contributed by atoms with Crippen LogP contribution in [0.1, 0.15) is 17.7 Å². The number of carbonyl (C=O) groups is 1. The summed E-state index contributed by atoms with van der Waals surface area (Å²) in [6, 6.07) is 8.01. The Balaban J connectivity index is 1.54.